The van der Waals surface area contributed by atoms with Crippen molar-refractivity contribution in [1.82, 2.24) is 0 Å². The van der Waals surface area contributed by atoms with Crippen LogP contribution in [0.5, 0.6) is 17.2 Å². The van der Waals surface area contributed by atoms with Crippen LogP contribution < -0.4 is 9.47 Å². The monoisotopic (exact) mass is 549 g/mol. The van der Waals surface area contributed by atoms with Gasteiger partial charge >= 0.3 is 13.8 Å². The Bertz CT molecular complexity index is 1230. The van der Waals surface area contributed by atoms with Gasteiger partial charge in [0.1, 0.15) is 29.9 Å². The van der Waals surface area contributed by atoms with Crippen LogP contribution in [0.2, 0.25) is 0 Å². The molecule has 0 aliphatic rings. The quantitative estimate of drug-likeness (QED) is 0.147. The van der Waals surface area contributed by atoms with E-state index in [4.69, 9.17) is 23.6 Å². The molecule has 0 heterocycles. The molecule has 0 saturated heterocycles. The minimum Gasteiger partial charge on any atom is -0.870 e. The molecule has 11 heteroatoms. The number of fused-ring (bicyclic) bond motifs is 1. The van der Waals surface area contributed by atoms with Crippen molar-refractivity contribution in [2.24, 2.45) is 0 Å². The molecule has 0 fully saturated rings. The number of phosphoric ester groups is 1. The Balaban J connectivity index is 0.00000507. The third-order valence-corrected chi connectivity index (χ3v) is 6.33. The second-order valence-electron chi connectivity index (χ2n) is 9.74. The highest BCUT2D eigenvalue weighted by Gasteiger charge is 2.31. The van der Waals surface area contributed by atoms with Crippen LogP contribution in [0.3, 0.4) is 0 Å². The minimum atomic E-state index is -4.38. The predicted octanol–water partition coefficient (Wildman–Crippen LogP) is 5.30. The lowest BCUT2D eigenvalue weighted by Gasteiger charge is -2.29. The lowest BCUT2D eigenvalue weighted by atomic mass is 10.1. The summed E-state index contributed by atoms with van der Waals surface area (Å²) in [4.78, 5) is 21.1. The number of aliphatic carboxylic acids is 1. The first kappa shape index (κ1) is 31.2. The number of hydrogen-bond donors (Lipinski definition) is 2. The second kappa shape index (κ2) is 14.2. The Hall–Kier alpha value is -2.98. The molecular formula is C27H36NO9P. The van der Waals surface area contributed by atoms with Crippen molar-refractivity contribution in [3.63, 3.8) is 0 Å². The first-order chi connectivity index (χ1) is 17.5. The zero-order valence-electron chi connectivity index (χ0n) is 21.9. The van der Waals surface area contributed by atoms with Crippen molar-refractivity contribution >= 4 is 24.6 Å². The molecule has 0 aliphatic carbocycles. The zero-order valence-corrected chi connectivity index (χ0v) is 22.8. The molecule has 0 amide bonds. The molecule has 208 valence electrons. The van der Waals surface area contributed by atoms with E-state index in [1.807, 2.05) is 81.8 Å². The fraction of sp³-hybridized carbons (Fsp3) is 0.370. The normalized spacial score (nSPS) is 13.8. The van der Waals surface area contributed by atoms with Crippen LogP contribution in [0, 0.1) is 0 Å². The van der Waals surface area contributed by atoms with Gasteiger partial charge in [-0.25, -0.2) is 4.57 Å². The number of benzene rings is 3. The molecule has 2 atom stereocenters. The topological polar surface area (TPSA) is 142 Å². The van der Waals surface area contributed by atoms with Crippen LogP contribution in [0.1, 0.15) is 19.3 Å². The van der Waals surface area contributed by atoms with E-state index >= 15 is 0 Å². The van der Waals surface area contributed by atoms with Crippen molar-refractivity contribution in [2.45, 2.75) is 25.4 Å². The van der Waals surface area contributed by atoms with Gasteiger partial charge in [0.15, 0.2) is 0 Å². The molecule has 0 aliphatic heterocycles. The number of nitrogens with zero attached hydrogens (tertiary/aromatic N) is 1. The van der Waals surface area contributed by atoms with Crippen LogP contribution in [0.15, 0.2) is 66.7 Å². The number of likely N-dealkylation sites (N-methyl/N-ethyl adjacent to an activating group) is 1. The highest BCUT2D eigenvalue weighted by Crippen LogP contribution is 2.45. The van der Waals surface area contributed by atoms with E-state index in [0.29, 0.717) is 35.4 Å². The molecule has 2 unspecified atom stereocenters. The van der Waals surface area contributed by atoms with Gasteiger partial charge in [0.05, 0.1) is 40.8 Å². The number of unbranched alkanes of at least 4 members (excludes halogenated alkanes) is 1. The SMILES string of the molecule is C[N+](C)(C)CC(CC(=O)O)OP(=O)(O)OCCCCOc1cccc(Oc2ccc3ccccc3c2)c1.[OH-]. The molecule has 38 heavy (non-hydrogen) atoms. The molecule has 3 aromatic carbocycles. The Morgan fingerprint density at radius 2 is 1.55 bits per heavy atom. The number of carboxylic acids is 1. The maximum Gasteiger partial charge on any atom is 0.472 e. The number of carbonyl (C=O) groups is 1. The fourth-order valence-electron chi connectivity index (χ4n) is 3.73. The minimum absolute atomic E-state index is 0. The molecule has 3 N–H and O–H groups in total. The van der Waals surface area contributed by atoms with Crippen molar-refractivity contribution in [2.75, 3.05) is 40.9 Å². The summed E-state index contributed by atoms with van der Waals surface area (Å²) in [5, 5.41) is 11.3. The van der Waals surface area contributed by atoms with E-state index in [9.17, 15) is 14.3 Å². The third kappa shape index (κ3) is 11.2. The number of ether oxygens (including phenoxy) is 2. The number of carboxylic acid groups (broad SMARTS) is 1. The van der Waals surface area contributed by atoms with Crippen molar-refractivity contribution in [3.8, 4) is 17.2 Å². The van der Waals surface area contributed by atoms with E-state index < -0.39 is 19.9 Å². The van der Waals surface area contributed by atoms with Gasteiger partial charge in [0.25, 0.3) is 0 Å². The summed E-state index contributed by atoms with van der Waals surface area (Å²) in [5.74, 6) is 0.921. The van der Waals surface area contributed by atoms with Gasteiger partial charge in [-0.15, -0.1) is 0 Å². The summed E-state index contributed by atoms with van der Waals surface area (Å²) in [5.41, 5.74) is 0. The number of quaternary nitrogens is 1. The van der Waals surface area contributed by atoms with Crippen LogP contribution in [0.4, 0.5) is 0 Å². The summed E-state index contributed by atoms with van der Waals surface area (Å²) >= 11 is 0. The fourth-order valence-corrected chi connectivity index (χ4v) is 4.67. The standard InChI is InChI=1S/C27H34NO8P.H2O/c1-28(2,3)20-26(19-27(29)30)36-37(31,32)34-16-7-6-15-33-23-11-8-12-24(18-23)35-25-14-13-21-9-4-5-10-22(21)17-25;/h4-5,8-14,17-18,26H,6-7,15-16,19-20H2,1-3H3,(H-,29,30,31,32);1H2. The van der Waals surface area contributed by atoms with Crippen LogP contribution in [-0.2, 0) is 18.4 Å². The van der Waals surface area contributed by atoms with Gasteiger partial charge in [-0.2, -0.15) is 0 Å². The summed E-state index contributed by atoms with van der Waals surface area (Å²) in [6.45, 7) is 0.604. The lowest BCUT2D eigenvalue weighted by Crippen LogP contribution is -2.42. The summed E-state index contributed by atoms with van der Waals surface area (Å²) in [6, 6.07) is 21.3. The largest absolute Gasteiger partial charge is 0.870 e. The third-order valence-electron chi connectivity index (χ3n) is 5.26. The van der Waals surface area contributed by atoms with Gasteiger partial charge in [0, 0.05) is 6.07 Å². The highest BCUT2D eigenvalue weighted by atomic mass is 31.2. The van der Waals surface area contributed by atoms with Gasteiger partial charge < -0.3 is 29.4 Å². The molecule has 0 radical (unpaired) electrons. The number of phosphoric acid groups is 1. The molecule has 3 aromatic rings. The van der Waals surface area contributed by atoms with Crippen LogP contribution in [-0.4, -0.2) is 72.9 Å². The average Bonchev–Trinajstić information content (AvgIpc) is 2.79. The highest BCUT2D eigenvalue weighted by molar-refractivity contribution is 7.47. The predicted molar refractivity (Wildman–Crippen MR) is 143 cm³/mol. The van der Waals surface area contributed by atoms with Crippen LogP contribution in [0.25, 0.3) is 10.8 Å². The van der Waals surface area contributed by atoms with E-state index in [1.54, 1.807) is 6.07 Å². The summed E-state index contributed by atoms with van der Waals surface area (Å²) < 4.78 is 34.6. The van der Waals surface area contributed by atoms with Crippen molar-refractivity contribution < 1.29 is 47.8 Å². The zero-order chi connectivity index (χ0) is 26.9. The van der Waals surface area contributed by atoms with E-state index in [0.717, 1.165) is 16.5 Å². The molecular weight excluding hydrogens is 513 g/mol. The first-order valence-corrected chi connectivity index (χ1v) is 13.6. The summed E-state index contributed by atoms with van der Waals surface area (Å²) in [6.07, 6.45) is -0.297. The number of rotatable bonds is 15. The maximum absolute atomic E-state index is 12.3. The van der Waals surface area contributed by atoms with E-state index in [2.05, 4.69) is 0 Å². The van der Waals surface area contributed by atoms with E-state index in [-0.39, 0.29) is 25.0 Å². The lowest BCUT2D eigenvalue weighted by molar-refractivity contribution is -0.873. The Kier molecular flexibility index (Phi) is 11.7. The Labute approximate surface area is 222 Å². The number of hydrogen-bond acceptors (Lipinski definition) is 7. The van der Waals surface area contributed by atoms with E-state index in [1.165, 1.54) is 0 Å². The van der Waals surface area contributed by atoms with Crippen LogP contribution >= 0.6 is 7.82 Å². The maximum atomic E-state index is 12.3. The molecule has 10 nitrogen and oxygen atoms in total. The van der Waals surface area contributed by atoms with Gasteiger partial charge in [-0.1, -0.05) is 36.4 Å². The van der Waals surface area contributed by atoms with Gasteiger partial charge in [-0.3, -0.25) is 13.8 Å². The molecule has 3 rings (SSSR count). The Morgan fingerprint density at radius 1 is 0.895 bits per heavy atom. The molecule has 0 aromatic heterocycles. The molecule has 0 spiro atoms. The molecule has 0 bridgehead atoms. The van der Waals surface area contributed by atoms with Crippen molar-refractivity contribution in [1.29, 1.82) is 0 Å². The Morgan fingerprint density at radius 3 is 2.26 bits per heavy atom. The molecule has 0 saturated carbocycles. The van der Waals surface area contributed by atoms with Gasteiger partial charge in [-0.05, 0) is 47.9 Å². The first-order valence-electron chi connectivity index (χ1n) is 12.1. The summed E-state index contributed by atoms with van der Waals surface area (Å²) in [7, 11) is 1.14. The van der Waals surface area contributed by atoms with Gasteiger partial charge in [0.2, 0.25) is 0 Å². The average molecular weight is 550 g/mol. The smallest absolute Gasteiger partial charge is 0.472 e. The second-order valence-corrected chi connectivity index (χ2v) is 11.1. The van der Waals surface area contributed by atoms with Crippen molar-refractivity contribution in [3.05, 3.63) is 66.7 Å².